The molecule has 0 aliphatic heterocycles. The van der Waals surface area contributed by atoms with Crippen molar-refractivity contribution >= 4 is 151 Å². The van der Waals surface area contributed by atoms with Crippen molar-refractivity contribution in [3.8, 4) is 107 Å². The van der Waals surface area contributed by atoms with Crippen LogP contribution in [0.2, 0.25) is 0 Å². The maximum Gasteiger partial charge on any atom is 0.235 e. The van der Waals surface area contributed by atoms with Crippen LogP contribution in [-0.4, -0.2) is 28.2 Å². The summed E-state index contributed by atoms with van der Waals surface area (Å²) in [4.78, 5) is 10.5. The lowest BCUT2D eigenvalue weighted by atomic mass is 9.91. The summed E-state index contributed by atoms with van der Waals surface area (Å²) in [7, 11) is 0. The smallest absolute Gasteiger partial charge is 0.235 e. The first-order valence-electron chi connectivity index (χ1n) is 45.1. The molecule has 0 aliphatic rings. The highest BCUT2D eigenvalue weighted by molar-refractivity contribution is 7.26. The van der Waals surface area contributed by atoms with Crippen molar-refractivity contribution in [2.75, 3.05) is 0 Å². The second-order valence-electron chi connectivity index (χ2n) is 34.1. The number of aromatic nitrogens is 6. The minimum absolute atomic E-state index is 0.648. The molecule has 27 aromatic rings. The van der Waals surface area contributed by atoms with Gasteiger partial charge in [0.25, 0.3) is 0 Å². The van der Waals surface area contributed by atoms with Crippen molar-refractivity contribution < 1.29 is 0 Å². The largest absolute Gasteiger partial charge is 0.309 e. The van der Waals surface area contributed by atoms with E-state index in [1.807, 2.05) is 47.7 Å². The summed E-state index contributed by atoms with van der Waals surface area (Å²) in [6, 6.07) is 174. The van der Waals surface area contributed by atoms with Gasteiger partial charge in [0.1, 0.15) is 0 Å². The molecule has 0 radical (unpaired) electrons. The van der Waals surface area contributed by atoms with Crippen LogP contribution in [0.25, 0.3) is 241 Å². The molecule has 133 heavy (non-hydrogen) atoms. The van der Waals surface area contributed by atoms with E-state index in [1.54, 1.807) is 0 Å². The van der Waals surface area contributed by atoms with Crippen LogP contribution in [0.1, 0.15) is 5.56 Å². The average molecular weight is 1710 g/mol. The van der Waals surface area contributed by atoms with E-state index in [2.05, 4.69) is 467 Å². The fraction of sp³-hybridized carbons (Fsp3) is 0. The van der Waals surface area contributed by atoms with Crippen molar-refractivity contribution in [2.45, 2.75) is 0 Å². The van der Waals surface area contributed by atoms with Crippen LogP contribution in [-0.2, 0) is 0 Å². The van der Waals surface area contributed by atoms with Crippen LogP contribution in [0.3, 0.4) is 0 Å². The van der Waals surface area contributed by atoms with Gasteiger partial charge in [-0.05, 0) is 227 Å². The molecule has 6 aromatic heterocycles. The number of rotatable bonds is 11. The van der Waals surface area contributed by atoms with Crippen molar-refractivity contribution in [3.63, 3.8) is 0 Å². The molecule has 0 atom stereocenters. The van der Waals surface area contributed by atoms with Crippen LogP contribution in [0.5, 0.6) is 0 Å². The number of para-hydroxylation sites is 6. The third-order valence-corrected chi connectivity index (χ3v) is 27.8. The topological polar surface area (TPSA) is 69.3 Å². The molecule has 8 heteroatoms. The summed E-state index contributed by atoms with van der Waals surface area (Å²) in [6.45, 7) is 0. The first-order valence-corrected chi connectivity index (χ1v) is 45.9. The van der Waals surface area contributed by atoms with Gasteiger partial charge in [0, 0.05) is 91.5 Å². The zero-order valence-corrected chi connectivity index (χ0v) is 73.0. The van der Waals surface area contributed by atoms with Gasteiger partial charge in [0.15, 0.2) is 0 Å². The zero-order valence-electron chi connectivity index (χ0n) is 72.1. The van der Waals surface area contributed by atoms with E-state index in [0.29, 0.717) is 11.5 Å². The third kappa shape index (κ3) is 13.6. The third-order valence-electron chi connectivity index (χ3n) is 26.6. The van der Waals surface area contributed by atoms with Crippen molar-refractivity contribution in [2.24, 2.45) is 0 Å². The molecule has 0 saturated carbocycles. The highest BCUT2D eigenvalue weighted by atomic mass is 32.1. The Morgan fingerprint density at radius 2 is 0.504 bits per heavy atom. The SMILES string of the molecule is N#Cc1ccc(-c2ccc(-n3c4ccccc4c4cc(-c5ccc6c(c5)c5ccccc5n6-c5ccccc5)ccc43)cc2)cc1.c1cc(-c2ccc3c4ccccc4c4ccccc4c3c2)cc(-c2cccc3c2sc2ccccc23)c1.c1ccc(-c2cc(-c3ccccc3)nc(-n3c4ccccc4c4ccc(-c5ccc6c(c5)c5ccccc5n6-c5ccccc5)cc43)n2)cc1. The molecule has 0 unspecified atom stereocenters. The van der Waals surface area contributed by atoms with E-state index in [0.717, 1.165) is 67.2 Å². The number of nitriles is 1. The minimum Gasteiger partial charge on any atom is -0.309 e. The molecule has 0 fully saturated rings. The number of benzene rings is 21. The Labute approximate surface area is 771 Å². The first-order chi connectivity index (χ1) is 65.9. The molecule has 0 amide bonds. The van der Waals surface area contributed by atoms with Crippen molar-refractivity contribution in [3.05, 3.63) is 485 Å². The Hall–Kier alpha value is -17.6. The van der Waals surface area contributed by atoms with E-state index >= 15 is 0 Å². The Bertz CT molecular complexity index is 9230. The van der Waals surface area contributed by atoms with Gasteiger partial charge in [0.2, 0.25) is 5.95 Å². The Morgan fingerprint density at radius 3 is 0.992 bits per heavy atom. The molecular formula is C125H79N7S. The predicted molar refractivity (Wildman–Crippen MR) is 560 cm³/mol. The quantitative estimate of drug-likeness (QED) is 0.121. The number of hydrogen-bond donors (Lipinski definition) is 0. The lowest BCUT2D eigenvalue weighted by Crippen LogP contribution is -2.04. The lowest BCUT2D eigenvalue weighted by molar-refractivity contribution is 0.996. The van der Waals surface area contributed by atoms with Gasteiger partial charge in [-0.15, -0.1) is 11.3 Å². The number of hydrogen-bond acceptors (Lipinski definition) is 4. The van der Waals surface area contributed by atoms with Crippen LogP contribution in [0.15, 0.2) is 479 Å². The number of nitrogens with zero attached hydrogens (tertiary/aromatic N) is 7. The van der Waals surface area contributed by atoms with E-state index in [4.69, 9.17) is 15.2 Å². The Kier molecular flexibility index (Phi) is 19.1. The number of fused-ring (bicyclic) bond motifs is 21. The Balaban J connectivity index is 0.000000108. The zero-order chi connectivity index (χ0) is 88.0. The van der Waals surface area contributed by atoms with E-state index in [-0.39, 0.29) is 0 Å². The van der Waals surface area contributed by atoms with Crippen LogP contribution < -0.4 is 0 Å². The minimum atomic E-state index is 0.648. The molecule has 0 aliphatic carbocycles. The maximum absolute atomic E-state index is 9.16. The predicted octanol–water partition coefficient (Wildman–Crippen LogP) is 33.6. The average Bonchev–Trinajstić information content (AvgIpc) is 1.73. The molecule has 0 saturated heterocycles. The van der Waals surface area contributed by atoms with Crippen molar-refractivity contribution in [1.82, 2.24) is 28.2 Å². The van der Waals surface area contributed by atoms with E-state index in [9.17, 15) is 0 Å². The molecule has 0 N–H and O–H groups in total. The highest BCUT2D eigenvalue weighted by Gasteiger charge is 2.23. The van der Waals surface area contributed by atoms with E-state index in [1.165, 1.54) is 168 Å². The van der Waals surface area contributed by atoms with Crippen molar-refractivity contribution in [1.29, 1.82) is 5.26 Å². The van der Waals surface area contributed by atoms with Gasteiger partial charge in [-0.2, -0.15) is 5.26 Å². The van der Waals surface area contributed by atoms with Gasteiger partial charge in [0.05, 0.1) is 67.2 Å². The normalized spacial score (nSPS) is 11.6. The summed E-state index contributed by atoms with van der Waals surface area (Å²) in [5.41, 5.74) is 29.3. The van der Waals surface area contributed by atoms with E-state index < -0.39 is 0 Å². The molecule has 0 bridgehead atoms. The summed E-state index contributed by atoms with van der Waals surface area (Å²) in [5.74, 6) is 0.648. The summed E-state index contributed by atoms with van der Waals surface area (Å²) in [6.07, 6.45) is 0. The van der Waals surface area contributed by atoms with Gasteiger partial charge < -0.3 is 13.7 Å². The molecule has 0 spiro atoms. The first kappa shape index (κ1) is 77.7. The second-order valence-corrected chi connectivity index (χ2v) is 35.2. The fourth-order valence-corrected chi connectivity index (χ4v) is 21.6. The fourth-order valence-electron chi connectivity index (χ4n) is 20.3. The van der Waals surface area contributed by atoms with Crippen LogP contribution in [0.4, 0.5) is 0 Å². The second kappa shape index (κ2) is 32.6. The summed E-state index contributed by atoms with van der Waals surface area (Å²) in [5, 5.41) is 29.5. The summed E-state index contributed by atoms with van der Waals surface area (Å²) < 4.78 is 12.0. The van der Waals surface area contributed by atoms with Crippen LogP contribution >= 0.6 is 11.3 Å². The highest BCUT2D eigenvalue weighted by Crippen LogP contribution is 2.46. The molecule has 21 aromatic carbocycles. The standard InChI is InChI=1S/C46H30N4.C43H27N3.C36H22S/c1-4-14-31(15-5-1)40-30-41(32-16-6-2-7-17-32)48-46(47-40)50-43-23-13-10-20-36(43)38-26-24-34(29-45(38)50)33-25-27-44-39(28-33)37-21-11-12-22-42(37)49(44)35-18-8-3-9-19-35;44-28-29-14-16-30(17-15-29)31-18-22-35(23-19-31)46-41-13-7-5-11-37(41)39-27-33(21-25-43(39)46)32-20-24-42-38(26-32)36-10-4-6-12-40(36)45(42)34-8-2-1-3-9-34;1-2-13-29-27(11-1)28-12-3-4-14-30(28)34-22-24(19-20-31(29)34)23-9-7-10-25(21-23)26-16-8-17-33-32-15-5-6-18-35(32)37-36(26)33/h1-30H;1-27H;1-22H. The van der Waals surface area contributed by atoms with Gasteiger partial charge in [-0.25, -0.2) is 9.97 Å². The molecule has 6 heterocycles. The molecule has 620 valence electrons. The van der Waals surface area contributed by atoms with Gasteiger partial charge >= 0.3 is 0 Å². The maximum atomic E-state index is 9.16. The Morgan fingerprint density at radius 1 is 0.188 bits per heavy atom. The van der Waals surface area contributed by atoms with Crippen LogP contribution in [0, 0.1) is 11.3 Å². The van der Waals surface area contributed by atoms with Gasteiger partial charge in [-0.1, -0.05) is 340 Å². The van der Waals surface area contributed by atoms with Gasteiger partial charge in [-0.3, -0.25) is 4.57 Å². The molecule has 7 nitrogen and oxygen atoms in total. The molecular weight excluding hydrogens is 1630 g/mol. The number of thiophene rings is 1. The lowest BCUT2D eigenvalue weighted by Gasteiger charge is -2.12. The molecule has 27 rings (SSSR count). The summed E-state index contributed by atoms with van der Waals surface area (Å²) >= 11 is 1.89. The monoisotopic (exact) mass is 1710 g/mol.